The molecule has 118 valence electrons. The zero-order valence-corrected chi connectivity index (χ0v) is 15.2. The number of sulfonamides is 1. The summed E-state index contributed by atoms with van der Waals surface area (Å²) < 4.78 is 28.8. The van der Waals surface area contributed by atoms with Crippen molar-refractivity contribution in [1.82, 2.24) is 10.0 Å². The van der Waals surface area contributed by atoms with Gasteiger partial charge in [-0.2, -0.15) is 0 Å². The van der Waals surface area contributed by atoms with E-state index >= 15 is 0 Å². The van der Waals surface area contributed by atoms with Gasteiger partial charge in [0, 0.05) is 17.6 Å². The maximum atomic E-state index is 12.6. The lowest BCUT2D eigenvalue weighted by molar-refractivity contribution is 0.166. The van der Waals surface area contributed by atoms with Crippen LogP contribution in [-0.4, -0.2) is 22.0 Å². The smallest absolute Gasteiger partial charge is 0.240 e. The molecule has 1 aliphatic rings. The van der Waals surface area contributed by atoms with Crippen molar-refractivity contribution in [2.45, 2.75) is 44.6 Å². The highest BCUT2D eigenvalue weighted by molar-refractivity contribution is 9.10. The van der Waals surface area contributed by atoms with E-state index in [2.05, 4.69) is 32.9 Å². The monoisotopic (exact) mass is 374 g/mol. The third-order valence-electron chi connectivity index (χ3n) is 4.28. The maximum Gasteiger partial charge on any atom is 0.240 e. The average molecular weight is 375 g/mol. The van der Waals surface area contributed by atoms with Gasteiger partial charge in [0.15, 0.2) is 0 Å². The van der Waals surface area contributed by atoms with Crippen LogP contribution in [-0.2, 0) is 16.6 Å². The molecule has 1 aromatic rings. The molecule has 1 aliphatic carbocycles. The van der Waals surface area contributed by atoms with Crippen LogP contribution in [0, 0.1) is 12.3 Å². The summed E-state index contributed by atoms with van der Waals surface area (Å²) in [5.74, 6) is 0. The quantitative estimate of drug-likeness (QED) is 0.804. The third-order valence-corrected chi connectivity index (χ3v) is 6.63. The first-order chi connectivity index (χ1) is 9.77. The molecule has 0 radical (unpaired) electrons. The summed E-state index contributed by atoms with van der Waals surface area (Å²) in [6.45, 7) is 5.12. The fourth-order valence-corrected chi connectivity index (χ4v) is 4.75. The molecule has 0 spiro atoms. The van der Waals surface area contributed by atoms with Gasteiger partial charge in [0.05, 0.1) is 4.90 Å². The second-order valence-corrected chi connectivity index (χ2v) is 8.81. The number of nitrogens with one attached hydrogen (secondary N) is 2. The van der Waals surface area contributed by atoms with Crippen LogP contribution >= 0.6 is 15.9 Å². The van der Waals surface area contributed by atoms with Gasteiger partial charge in [0.1, 0.15) is 0 Å². The predicted octanol–water partition coefficient (Wildman–Crippen LogP) is 2.95. The van der Waals surface area contributed by atoms with Crippen LogP contribution in [0.4, 0.5) is 0 Å². The molecule has 0 aromatic heterocycles. The highest BCUT2D eigenvalue weighted by atomic mass is 79.9. The first-order valence-electron chi connectivity index (χ1n) is 7.21. The van der Waals surface area contributed by atoms with E-state index in [0.29, 0.717) is 18.0 Å². The summed E-state index contributed by atoms with van der Waals surface area (Å²) in [5.41, 5.74) is 1.83. The lowest BCUT2D eigenvalue weighted by atomic mass is 9.71. The Balaban J connectivity index is 2.25. The zero-order valence-electron chi connectivity index (χ0n) is 12.8. The lowest BCUT2D eigenvalue weighted by Crippen LogP contribution is -2.40. The Labute approximate surface area is 135 Å². The van der Waals surface area contributed by atoms with Crippen molar-refractivity contribution in [3.63, 3.8) is 0 Å². The standard InChI is InChI=1S/C15H23BrN2O2S/c1-11-13(16)7-12(9-17-3)8-14(11)21(19,20)18-10-15(2)5-4-6-15/h7-8,17-18H,4-6,9-10H2,1-3H3. The van der Waals surface area contributed by atoms with Crippen molar-refractivity contribution in [3.05, 3.63) is 27.7 Å². The van der Waals surface area contributed by atoms with Gasteiger partial charge in [-0.05, 0) is 55.5 Å². The number of benzene rings is 1. The third kappa shape index (κ3) is 3.86. The van der Waals surface area contributed by atoms with Crippen molar-refractivity contribution in [3.8, 4) is 0 Å². The van der Waals surface area contributed by atoms with Crippen LogP contribution in [0.15, 0.2) is 21.5 Å². The van der Waals surface area contributed by atoms with E-state index in [1.165, 1.54) is 6.42 Å². The minimum Gasteiger partial charge on any atom is -0.316 e. The van der Waals surface area contributed by atoms with Gasteiger partial charge in [0.25, 0.3) is 0 Å². The second-order valence-electron chi connectivity index (χ2n) is 6.22. The van der Waals surface area contributed by atoms with E-state index in [9.17, 15) is 8.42 Å². The first-order valence-corrected chi connectivity index (χ1v) is 9.48. The van der Waals surface area contributed by atoms with E-state index in [4.69, 9.17) is 0 Å². The maximum absolute atomic E-state index is 12.6. The lowest BCUT2D eigenvalue weighted by Gasteiger charge is -2.38. The molecule has 0 saturated heterocycles. The molecule has 2 rings (SSSR count). The van der Waals surface area contributed by atoms with Crippen LogP contribution in [0.3, 0.4) is 0 Å². The van der Waals surface area contributed by atoms with Crippen LogP contribution in [0.5, 0.6) is 0 Å². The fourth-order valence-electron chi connectivity index (χ4n) is 2.60. The number of rotatable bonds is 6. The van der Waals surface area contributed by atoms with Gasteiger partial charge in [0.2, 0.25) is 10.0 Å². The number of halogens is 1. The molecule has 0 aliphatic heterocycles. The Morgan fingerprint density at radius 2 is 2.00 bits per heavy atom. The predicted molar refractivity (Wildman–Crippen MR) is 88.8 cm³/mol. The summed E-state index contributed by atoms with van der Waals surface area (Å²) in [5, 5.41) is 3.05. The Bertz CT molecular complexity index is 625. The molecule has 1 aromatic carbocycles. The molecule has 2 N–H and O–H groups in total. The van der Waals surface area contributed by atoms with E-state index in [1.54, 1.807) is 6.07 Å². The normalized spacial score (nSPS) is 17.5. The van der Waals surface area contributed by atoms with E-state index in [1.807, 2.05) is 20.0 Å². The van der Waals surface area contributed by atoms with Gasteiger partial charge >= 0.3 is 0 Å². The minimum atomic E-state index is -3.47. The summed E-state index contributed by atoms with van der Waals surface area (Å²) in [6.07, 6.45) is 3.39. The number of hydrogen-bond acceptors (Lipinski definition) is 3. The summed E-state index contributed by atoms with van der Waals surface area (Å²) in [4.78, 5) is 0.366. The SMILES string of the molecule is CNCc1cc(Br)c(C)c(S(=O)(=O)NCC2(C)CCC2)c1. The summed E-state index contributed by atoms with van der Waals surface area (Å²) in [7, 11) is -1.63. The molecule has 0 amide bonds. The molecular formula is C15H23BrN2O2S. The molecule has 0 bridgehead atoms. The van der Waals surface area contributed by atoms with Gasteiger partial charge in [-0.25, -0.2) is 13.1 Å². The zero-order chi connectivity index (χ0) is 15.7. The van der Waals surface area contributed by atoms with Crippen molar-refractivity contribution in [2.75, 3.05) is 13.6 Å². The van der Waals surface area contributed by atoms with Crippen molar-refractivity contribution >= 4 is 26.0 Å². The van der Waals surface area contributed by atoms with E-state index < -0.39 is 10.0 Å². The largest absolute Gasteiger partial charge is 0.316 e. The molecular weight excluding hydrogens is 352 g/mol. The number of hydrogen-bond donors (Lipinski definition) is 2. The van der Waals surface area contributed by atoms with Crippen LogP contribution < -0.4 is 10.0 Å². The van der Waals surface area contributed by atoms with Crippen molar-refractivity contribution in [1.29, 1.82) is 0 Å². The topological polar surface area (TPSA) is 58.2 Å². The van der Waals surface area contributed by atoms with Crippen molar-refractivity contribution < 1.29 is 8.42 Å². The Morgan fingerprint density at radius 1 is 1.33 bits per heavy atom. The van der Waals surface area contributed by atoms with Crippen LogP contribution in [0.2, 0.25) is 0 Å². The second kappa shape index (κ2) is 6.36. The van der Waals surface area contributed by atoms with Crippen molar-refractivity contribution in [2.24, 2.45) is 5.41 Å². The van der Waals surface area contributed by atoms with Crippen LogP contribution in [0.1, 0.15) is 37.3 Å². The highest BCUT2D eigenvalue weighted by Gasteiger charge is 2.33. The molecule has 0 heterocycles. The van der Waals surface area contributed by atoms with Gasteiger partial charge < -0.3 is 5.32 Å². The van der Waals surface area contributed by atoms with E-state index in [-0.39, 0.29) is 5.41 Å². The Hall–Kier alpha value is -0.430. The molecule has 4 nitrogen and oxygen atoms in total. The van der Waals surface area contributed by atoms with Gasteiger partial charge in [-0.3, -0.25) is 0 Å². The Kier molecular flexibility index (Phi) is 5.13. The molecule has 1 fully saturated rings. The molecule has 0 atom stereocenters. The van der Waals surface area contributed by atoms with Gasteiger partial charge in [-0.1, -0.05) is 29.3 Å². The molecule has 6 heteroatoms. The molecule has 21 heavy (non-hydrogen) atoms. The minimum absolute atomic E-state index is 0.126. The molecule has 1 saturated carbocycles. The van der Waals surface area contributed by atoms with E-state index in [0.717, 1.165) is 28.4 Å². The Morgan fingerprint density at radius 3 is 2.52 bits per heavy atom. The summed E-state index contributed by atoms with van der Waals surface area (Å²) in [6, 6.07) is 3.71. The molecule has 0 unspecified atom stereocenters. The first kappa shape index (κ1) is 16.9. The van der Waals surface area contributed by atoms with Gasteiger partial charge in [-0.15, -0.1) is 0 Å². The fraction of sp³-hybridized carbons (Fsp3) is 0.600. The average Bonchev–Trinajstić information content (AvgIpc) is 2.38. The highest BCUT2D eigenvalue weighted by Crippen LogP contribution is 2.39. The summed E-state index contributed by atoms with van der Waals surface area (Å²) >= 11 is 3.45. The van der Waals surface area contributed by atoms with Crippen LogP contribution in [0.25, 0.3) is 0 Å².